The highest BCUT2D eigenvalue weighted by Gasteiger charge is 2.17. The summed E-state index contributed by atoms with van der Waals surface area (Å²) in [6.45, 7) is 1.17. The van der Waals surface area contributed by atoms with Gasteiger partial charge in [0, 0.05) is 4.88 Å². The molecule has 1 aliphatic rings. The minimum atomic E-state index is -0.210. The first-order valence-corrected chi connectivity index (χ1v) is 7.16. The van der Waals surface area contributed by atoms with Crippen LogP contribution in [0.2, 0.25) is 4.34 Å². The Bertz CT molecular complexity index is 568. The molecule has 1 aromatic heterocycles. The van der Waals surface area contributed by atoms with Gasteiger partial charge in [0.15, 0.2) is 11.5 Å². The standard InChI is InChI=1S/C13H10Cl2O2S/c14-12-4-3-11(18-12)13(15)8-1-2-9-10(7-8)17-6-5-16-9/h1-4,7,13H,5-6H2. The zero-order chi connectivity index (χ0) is 12.5. The van der Waals surface area contributed by atoms with E-state index in [1.807, 2.05) is 30.3 Å². The maximum absolute atomic E-state index is 6.44. The minimum Gasteiger partial charge on any atom is -0.486 e. The summed E-state index contributed by atoms with van der Waals surface area (Å²) >= 11 is 13.9. The molecule has 0 aliphatic carbocycles. The third-order valence-electron chi connectivity index (χ3n) is 2.70. The Balaban J connectivity index is 1.92. The van der Waals surface area contributed by atoms with Crippen molar-refractivity contribution in [3.8, 4) is 11.5 Å². The van der Waals surface area contributed by atoms with Crippen molar-refractivity contribution in [2.45, 2.75) is 5.38 Å². The molecule has 0 saturated carbocycles. The second-order valence-electron chi connectivity index (χ2n) is 3.91. The molecule has 0 amide bonds. The molecule has 5 heteroatoms. The highest BCUT2D eigenvalue weighted by Crippen LogP contribution is 2.39. The second-order valence-corrected chi connectivity index (χ2v) is 6.09. The summed E-state index contributed by atoms with van der Waals surface area (Å²) in [6.07, 6.45) is 0. The van der Waals surface area contributed by atoms with Gasteiger partial charge in [0.2, 0.25) is 0 Å². The highest BCUT2D eigenvalue weighted by atomic mass is 35.5. The third-order valence-corrected chi connectivity index (χ3v) is 4.62. The second kappa shape index (κ2) is 5.00. The summed E-state index contributed by atoms with van der Waals surface area (Å²) in [6, 6.07) is 9.59. The number of fused-ring (bicyclic) bond motifs is 1. The maximum atomic E-state index is 6.44. The van der Waals surface area contributed by atoms with Gasteiger partial charge in [0.05, 0.1) is 9.71 Å². The number of halogens is 2. The van der Waals surface area contributed by atoms with Gasteiger partial charge in [-0.3, -0.25) is 0 Å². The van der Waals surface area contributed by atoms with Gasteiger partial charge in [-0.25, -0.2) is 0 Å². The Labute approximate surface area is 119 Å². The van der Waals surface area contributed by atoms with E-state index >= 15 is 0 Å². The Morgan fingerprint density at radius 2 is 1.83 bits per heavy atom. The summed E-state index contributed by atoms with van der Waals surface area (Å²) < 4.78 is 11.8. The van der Waals surface area contributed by atoms with Gasteiger partial charge in [-0.1, -0.05) is 17.7 Å². The van der Waals surface area contributed by atoms with Crippen molar-refractivity contribution in [3.05, 3.63) is 45.1 Å². The van der Waals surface area contributed by atoms with Crippen LogP contribution >= 0.6 is 34.5 Å². The van der Waals surface area contributed by atoms with Gasteiger partial charge >= 0.3 is 0 Å². The molecule has 2 heterocycles. The molecule has 1 unspecified atom stereocenters. The van der Waals surface area contributed by atoms with Crippen LogP contribution in [0.25, 0.3) is 0 Å². The summed E-state index contributed by atoms with van der Waals surface area (Å²) in [5.74, 6) is 1.53. The SMILES string of the molecule is Clc1ccc(C(Cl)c2ccc3c(c2)OCCO3)s1. The van der Waals surface area contributed by atoms with E-state index in [0.29, 0.717) is 13.2 Å². The molecule has 0 bridgehead atoms. The number of ether oxygens (including phenoxy) is 2. The van der Waals surface area contributed by atoms with Crippen molar-refractivity contribution in [2.75, 3.05) is 13.2 Å². The molecule has 1 aliphatic heterocycles. The Kier molecular flexibility index (Phi) is 3.37. The van der Waals surface area contributed by atoms with E-state index in [4.69, 9.17) is 32.7 Å². The first-order chi connectivity index (χ1) is 8.74. The lowest BCUT2D eigenvalue weighted by Crippen LogP contribution is -2.15. The normalized spacial score (nSPS) is 15.4. The molecule has 0 N–H and O–H groups in total. The van der Waals surface area contributed by atoms with Gasteiger partial charge in [-0.15, -0.1) is 22.9 Å². The van der Waals surface area contributed by atoms with Gasteiger partial charge < -0.3 is 9.47 Å². The van der Waals surface area contributed by atoms with Crippen molar-refractivity contribution in [1.82, 2.24) is 0 Å². The van der Waals surface area contributed by atoms with Crippen LogP contribution in [0.3, 0.4) is 0 Å². The Morgan fingerprint density at radius 1 is 1.06 bits per heavy atom. The van der Waals surface area contributed by atoms with Crippen LogP contribution in [0.15, 0.2) is 30.3 Å². The van der Waals surface area contributed by atoms with Crippen molar-refractivity contribution in [1.29, 1.82) is 0 Å². The van der Waals surface area contributed by atoms with Gasteiger partial charge in [-0.05, 0) is 29.8 Å². The first-order valence-electron chi connectivity index (χ1n) is 5.53. The number of hydrogen-bond donors (Lipinski definition) is 0. The van der Waals surface area contributed by atoms with E-state index in [1.165, 1.54) is 11.3 Å². The molecule has 1 atom stereocenters. The zero-order valence-corrected chi connectivity index (χ0v) is 11.7. The monoisotopic (exact) mass is 300 g/mol. The van der Waals surface area contributed by atoms with Crippen molar-refractivity contribution in [3.63, 3.8) is 0 Å². The predicted molar refractivity (Wildman–Crippen MR) is 74.5 cm³/mol. The molecule has 1 aromatic carbocycles. The van der Waals surface area contributed by atoms with Crippen molar-refractivity contribution < 1.29 is 9.47 Å². The highest BCUT2D eigenvalue weighted by molar-refractivity contribution is 7.16. The van der Waals surface area contributed by atoms with E-state index in [9.17, 15) is 0 Å². The lowest BCUT2D eigenvalue weighted by atomic mass is 10.1. The van der Waals surface area contributed by atoms with Crippen molar-refractivity contribution in [2.24, 2.45) is 0 Å². The molecule has 94 valence electrons. The number of rotatable bonds is 2. The summed E-state index contributed by atoms with van der Waals surface area (Å²) in [4.78, 5) is 1.03. The van der Waals surface area contributed by atoms with E-state index < -0.39 is 0 Å². The lowest BCUT2D eigenvalue weighted by molar-refractivity contribution is 0.171. The van der Waals surface area contributed by atoms with E-state index in [1.54, 1.807) is 0 Å². The molecular formula is C13H10Cl2O2S. The molecule has 0 spiro atoms. The van der Waals surface area contributed by atoms with E-state index in [-0.39, 0.29) is 5.38 Å². The molecule has 2 aromatic rings. The molecule has 0 saturated heterocycles. The summed E-state index contributed by atoms with van der Waals surface area (Å²) in [5.41, 5.74) is 0.986. The van der Waals surface area contributed by atoms with Crippen molar-refractivity contribution >= 4 is 34.5 Å². The number of hydrogen-bond acceptors (Lipinski definition) is 3. The Morgan fingerprint density at radius 3 is 2.56 bits per heavy atom. The van der Waals surface area contributed by atoms with Crippen LogP contribution in [0.5, 0.6) is 11.5 Å². The molecule has 0 fully saturated rings. The van der Waals surface area contributed by atoms with Crippen LogP contribution in [-0.4, -0.2) is 13.2 Å². The summed E-state index contributed by atoms with van der Waals surface area (Å²) in [5, 5.41) is -0.210. The van der Waals surface area contributed by atoms with Gasteiger partial charge in [0.25, 0.3) is 0 Å². The van der Waals surface area contributed by atoms with Crippen LogP contribution in [-0.2, 0) is 0 Å². The smallest absolute Gasteiger partial charge is 0.161 e. The number of alkyl halides is 1. The average molecular weight is 301 g/mol. The molecule has 0 radical (unpaired) electrons. The van der Waals surface area contributed by atoms with Crippen LogP contribution in [0.1, 0.15) is 15.8 Å². The summed E-state index contributed by atoms with van der Waals surface area (Å²) in [7, 11) is 0. The fourth-order valence-electron chi connectivity index (χ4n) is 1.85. The number of benzene rings is 1. The third kappa shape index (κ3) is 2.30. The topological polar surface area (TPSA) is 18.5 Å². The van der Waals surface area contributed by atoms with Gasteiger partial charge in [0.1, 0.15) is 13.2 Å². The molecule has 18 heavy (non-hydrogen) atoms. The molecular weight excluding hydrogens is 291 g/mol. The largest absolute Gasteiger partial charge is 0.486 e. The average Bonchev–Trinajstić information content (AvgIpc) is 2.84. The van der Waals surface area contributed by atoms with E-state index in [2.05, 4.69) is 0 Å². The van der Waals surface area contributed by atoms with Gasteiger partial charge in [-0.2, -0.15) is 0 Å². The lowest BCUT2D eigenvalue weighted by Gasteiger charge is -2.19. The van der Waals surface area contributed by atoms with Crippen LogP contribution in [0.4, 0.5) is 0 Å². The first kappa shape index (κ1) is 12.2. The molecule has 3 rings (SSSR count). The van der Waals surface area contributed by atoms with Crippen LogP contribution in [0, 0.1) is 0 Å². The maximum Gasteiger partial charge on any atom is 0.161 e. The van der Waals surface area contributed by atoms with Crippen LogP contribution < -0.4 is 9.47 Å². The number of thiophene rings is 1. The van der Waals surface area contributed by atoms with E-state index in [0.717, 1.165) is 26.3 Å². The fourth-order valence-corrected chi connectivity index (χ4v) is 3.26. The predicted octanol–water partition coefficient (Wildman–Crippen LogP) is 4.50. The quantitative estimate of drug-likeness (QED) is 0.760. The minimum absolute atomic E-state index is 0.210. The Hall–Kier alpha value is -0.900. The zero-order valence-electron chi connectivity index (χ0n) is 9.36. The fraction of sp³-hybridized carbons (Fsp3) is 0.231. The molecule has 2 nitrogen and oxygen atoms in total.